The molecule has 0 saturated carbocycles. The number of nitrogens with zero attached hydrogens (tertiary/aromatic N) is 1. The van der Waals surface area contributed by atoms with Crippen LogP contribution in [0, 0.1) is 0 Å². The lowest BCUT2D eigenvalue weighted by Crippen LogP contribution is -2.22. The summed E-state index contributed by atoms with van der Waals surface area (Å²) >= 11 is 17.7. The molecule has 0 aromatic heterocycles. The average molecular weight is 435 g/mol. The number of oxime groups is 1. The third-order valence-electron chi connectivity index (χ3n) is 3.46. The van der Waals surface area contributed by atoms with E-state index in [1.54, 1.807) is 18.2 Å². The van der Waals surface area contributed by atoms with Crippen molar-refractivity contribution in [2.75, 3.05) is 0 Å². The Bertz CT molecular complexity index is 907. The van der Waals surface area contributed by atoms with Gasteiger partial charge in [0.25, 0.3) is 0 Å². The monoisotopic (exact) mass is 433 g/mol. The van der Waals surface area contributed by atoms with Crippen molar-refractivity contribution in [1.82, 2.24) is 0 Å². The molecule has 0 aliphatic carbocycles. The zero-order valence-electron chi connectivity index (χ0n) is 13.5. The fourth-order valence-electron chi connectivity index (χ4n) is 2.01. The van der Waals surface area contributed by atoms with Crippen LogP contribution in [0.2, 0.25) is 15.1 Å². The first kappa shape index (κ1) is 20.7. The van der Waals surface area contributed by atoms with E-state index in [1.807, 2.05) is 0 Å². The predicted molar refractivity (Wildman–Crippen MR) is 103 cm³/mol. The highest BCUT2D eigenvalue weighted by Crippen LogP contribution is 2.23. The van der Waals surface area contributed by atoms with Gasteiger partial charge in [0.1, 0.15) is 0 Å². The van der Waals surface area contributed by atoms with E-state index in [-0.39, 0.29) is 11.3 Å². The summed E-state index contributed by atoms with van der Waals surface area (Å²) in [4.78, 5) is 16.6. The van der Waals surface area contributed by atoms with Gasteiger partial charge in [0.05, 0.1) is 32.8 Å². The summed E-state index contributed by atoms with van der Waals surface area (Å²) in [6, 6.07) is 10.6. The van der Waals surface area contributed by atoms with Gasteiger partial charge in [-0.05, 0) is 43.3 Å². The van der Waals surface area contributed by atoms with Crippen molar-refractivity contribution in [3.63, 3.8) is 0 Å². The molecule has 1 atom stereocenters. The van der Waals surface area contributed by atoms with Gasteiger partial charge in [-0.2, -0.15) is 0 Å². The second-order valence-corrected chi connectivity index (χ2v) is 8.96. The van der Waals surface area contributed by atoms with E-state index in [0.717, 1.165) is 0 Å². The highest BCUT2D eigenvalue weighted by Gasteiger charge is 2.26. The molecule has 0 bridgehead atoms. The van der Waals surface area contributed by atoms with Crippen LogP contribution in [0.4, 0.5) is 0 Å². The van der Waals surface area contributed by atoms with Crippen molar-refractivity contribution in [3.8, 4) is 0 Å². The van der Waals surface area contributed by atoms with Gasteiger partial charge in [0.2, 0.25) is 0 Å². The molecule has 2 aromatic carbocycles. The molecule has 5 nitrogen and oxygen atoms in total. The molecular formula is C17H14Cl3NO4S. The summed E-state index contributed by atoms with van der Waals surface area (Å²) < 4.78 is 24.9. The largest absolute Gasteiger partial charge is 0.336 e. The van der Waals surface area contributed by atoms with E-state index in [1.165, 1.54) is 37.4 Å². The molecule has 0 radical (unpaired) electrons. The van der Waals surface area contributed by atoms with Crippen LogP contribution >= 0.6 is 34.8 Å². The summed E-state index contributed by atoms with van der Waals surface area (Å²) in [5.74, 6) is -0.797. The Labute approximate surface area is 166 Å². The van der Waals surface area contributed by atoms with Crippen molar-refractivity contribution in [1.29, 1.82) is 0 Å². The summed E-state index contributed by atoms with van der Waals surface area (Å²) in [6.45, 7) is 1.42. The third kappa shape index (κ3) is 5.20. The second kappa shape index (κ2) is 8.86. The maximum Gasteiger partial charge on any atom is 0.336 e. The van der Waals surface area contributed by atoms with Crippen LogP contribution in [0.1, 0.15) is 18.9 Å². The van der Waals surface area contributed by atoms with Crippen LogP contribution in [0.5, 0.6) is 0 Å². The van der Waals surface area contributed by atoms with Gasteiger partial charge >= 0.3 is 5.97 Å². The van der Waals surface area contributed by atoms with E-state index in [4.69, 9.17) is 39.6 Å². The van der Waals surface area contributed by atoms with Crippen molar-refractivity contribution >= 4 is 56.8 Å². The van der Waals surface area contributed by atoms with E-state index >= 15 is 0 Å². The Morgan fingerprint density at radius 3 is 2.27 bits per heavy atom. The summed E-state index contributed by atoms with van der Waals surface area (Å²) in [5.41, 5.74) is 0.394. The molecule has 9 heteroatoms. The molecule has 2 aromatic rings. The summed E-state index contributed by atoms with van der Waals surface area (Å²) in [5, 5.41) is 3.64. The molecule has 26 heavy (non-hydrogen) atoms. The molecule has 0 N–H and O–H groups in total. The van der Waals surface area contributed by atoms with Gasteiger partial charge in [-0.3, -0.25) is 0 Å². The second-order valence-electron chi connectivity index (χ2n) is 5.35. The number of hydrogen-bond acceptors (Lipinski definition) is 5. The molecule has 1 unspecified atom stereocenters. The van der Waals surface area contributed by atoms with E-state index < -0.39 is 21.1 Å². The Morgan fingerprint density at radius 2 is 1.69 bits per heavy atom. The molecule has 0 heterocycles. The van der Waals surface area contributed by atoms with Crippen LogP contribution in [-0.2, 0) is 19.5 Å². The summed E-state index contributed by atoms with van der Waals surface area (Å²) in [7, 11) is -3.70. The number of hydrogen-bond donors (Lipinski definition) is 0. The molecular weight excluding hydrogens is 421 g/mol. The van der Waals surface area contributed by atoms with E-state index in [9.17, 15) is 13.2 Å². The number of benzene rings is 2. The molecule has 0 spiro atoms. The fraction of sp³-hybridized carbons (Fsp3) is 0.176. The minimum absolute atomic E-state index is 0.0774. The van der Waals surface area contributed by atoms with Gasteiger partial charge in [-0.15, -0.1) is 0 Å². The van der Waals surface area contributed by atoms with Crippen LogP contribution < -0.4 is 0 Å². The predicted octanol–water partition coefficient (Wildman–Crippen LogP) is 4.78. The molecule has 2 rings (SSSR count). The molecule has 0 aliphatic heterocycles. The number of carbonyl (C=O) groups excluding carboxylic acids is 1. The van der Waals surface area contributed by atoms with Crippen molar-refractivity contribution in [3.05, 3.63) is 63.1 Å². The first-order chi connectivity index (χ1) is 12.2. The maximum atomic E-state index is 12.4. The minimum Gasteiger partial charge on any atom is -0.318 e. The normalized spacial score (nSPS) is 12.9. The van der Waals surface area contributed by atoms with Crippen molar-refractivity contribution in [2.24, 2.45) is 5.16 Å². The van der Waals surface area contributed by atoms with Crippen molar-refractivity contribution < 1.29 is 18.0 Å². The molecule has 0 amide bonds. The molecule has 138 valence electrons. The smallest absolute Gasteiger partial charge is 0.318 e. The lowest BCUT2D eigenvalue weighted by Gasteiger charge is -2.11. The highest BCUT2D eigenvalue weighted by molar-refractivity contribution is 7.92. The number of sulfone groups is 1. The SMILES string of the molecule is CC(CC(=O)ON=Cc1c(Cl)cccc1Cl)S(=O)(=O)c1ccc(Cl)cc1. The zero-order valence-corrected chi connectivity index (χ0v) is 16.6. The Balaban J connectivity index is 2.01. The Kier molecular flexibility index (Phi) is 7.06. The lowest BCUT2D eigenvalue weighted by atomic mass is 10.2. The first-order valence-corrected chi connectivity index (χ1v) is 10.1. The van der Waals surface area contributed by atoms with E-state index in [2.05, 4.69) is 5.16 Å². The fourth-order valence-corrected chi connectivity index (χ4v) is 3.97. The number of rotatable bonds is 6. The first-order valence-electron chi connectivity index (χ1n) is 7.38. The maximum absolute atomic E-state index is 12.4. The van der Waals surface area contributed by atoms with Crippen LogP contribution in [0.25, 0.3) is 0 Å². The van der Waals surface area contributed by atoms with Crippen molar-refractivity contribution in [2.45, 2.75) is 23.5 Å². The average Bonchev–Trinajstić information content (AvgIpc) is 2.58. The van der Waals surface area contributed by atoms with Gasteiger partial charge in [-0.1, -0.05) is 46.0 Å². The quantitative estimate of drug-likeness (QED) is 0.373. The van der Waals surface area contributed by atoms with Gasteiger partial charge in [-0.25, -0.2) is 13.2 Å². The van der Waals surface area contributed by atoms with Gasteiger partial charge in [0, 0.05) is 10.6 Å². The Hall–Kier alpha value is -1.60. The Morgan fingerprint density at radius 1 is 1.12 bits per heavy atom. The minimum atomic E-state index is -3.70. The zero-order chi connectivity index (χ0) is 19.3. The van der Waals surface area contributed by atoms with Gasteiger partial charge < -0.3 is 4.84 Å². The van der Waals surface area contributed by atoms with Crippen LogP contribution in [0.15, 0.2) is 52.5 Å². The van der Waals surface area contributed by atoms with Crippen LogP contribution in [0.3, 0.4) is 0 Å². The topological polar surface area (TPSA) is 72.8 Å². The highest BCUT2D eigenvalue weighted by atomic mass is 35.5. The molecule has 0 fully saturated rings. The van der Waals surface area contributed by atoms with Crippen LogP contribution in [-0.4, -0.2) is 25.9 Å². The van der Waals surface area contributed by atoms with E-state index in [0.29, 0.717) is 20.6 Å². The number of halogens is 3. The molecule has 0 aliphatic rings. The van der Waals surface area contributed by atoms with Gasteiger partial charge in [0.15, 0.2) is 9.84 Å². The standard InChI is InChI=1S/C17H14Cl3NO4S/c1-11(26(23,24)13-7-5-12(18)6-8-13)9-17(22)25-21-10-14-15(19)3-2-4-16(14)20/h2-8,10-11H,9H2,1H3. The lowest BCUT2D eigenvalue weighted by molar-refractivity contribution is -0.143. The third-order valence-corrected chi connectivity index (χ3v) is 6.53. The summed E-state index contributed by atoms with van der Waals surface area (Å²) in [6.07, 6.45) is 0.833. The molecule has 0 saturated heterocycles. The number of carbonyl (C=O) groups is 1.